The molecule has 15 nitrogen and oxygen atoms in total. The minimum absolute atomic E-state index is 0.110. The number of carbonyl (C=O) groups excluding carboxylic acids is 1. The Kier molecular flexibility index (Phi) is 17.9. The molecule has 2 fully saturated rings. The number of nitrogens with two attached hydrogens (primary N) is 1. The standard InChI is InChI=1S/C24H28F3N5O3S.C23H31FN4O3S/c1-3-36(33,34)32(20-6-4-5-17(13-20)15-31-11-9-30(2)10-12-31)16-19-8-7-18(14-21(19)25)23-28-29-24(35-23)22(26)27;1-3-32(30,31)28(17-20-8-7-19(14-22(20)24)23(29)15-25)21-6-4-5-18(13-21)16-27-11-9-26(2)10-12-27/h4-8,13-14,22H,3,9-12,15-16H2,1-2H3;4-8,13-14H,3,9-12,15-17,25H2,1-2H3. The van der Waals surface area contributed by atoms with E-state index in [9.17, 15) is 34.8 Å². The van der Waals surface area contributed by atoms with E-state index >= 15 is 4.39 Å². The summed E-state index contributed by atoms with van der Waals surface area (Å²) in [5, 5.41) is 6.77. The van der Waals surface area contributed by atoms with E-state index in [-0.39, 0.29) is 65.1 Å². The topological polar surface area (TPSA) is 170 Å². The van der Waals surface area contributed by atoms with Crippen molar-refractivity contribution in [1.29, 1.82) is 0 Å². The van der Waals surface area contributed by atoms with Crippen LogP contribution in [0.4, 0.5) is 28.9 Å². The molecule has 0 aliphatic carbocycles. The molecule has 0 atom stereocenters. The van der Waals surface area contributed by atoms with Crippen molar-refractivity contribution >= 4 is 37.2 Å². The molecule has 2 saturated heterocycles. The predicted octanol–water partition coefficient (Wildman–Crippen LogP) is 5.99. The molecule has 2 aliphatic heterocycles. The van der Waals surface area contributed by atoms with Crippen LogP contribution in [0.3, 0.4) is 0 Å². The van der Waals surface area contributed by atoms with Gasteiger partial charge >= 0.3 is 6.43 Å². The van der Waals surface area contributed by atoms with Crippen LogP contribution in [-0.2, 0) is 46.2 Å². The number of hydrogen-bond donors (Lipinski definition) is 1. The minimum Gasteiger partial charge on any atom is -0.415 e. The third-order valence-corrected chi connectivity index (χ3v) is 15.4. The molecule has 0 radical (unpaired) electrons. The number of hydrogen-bond acceptors (Lipinski definition) is 13. The number of carbonyl (C=O) groups is 1. The number of benzene rings is 4. The summed E-state index contributed by atoms with van der Waals surface area (Å²) in [6.45, 7) is 11.6. The predicted molar refractivity (Wildman–Crippen MR) is 254 cm³/mol. The molecule has 4 aromatic carbocycles. The molecule has 5 aromatic rings. The van der Waals surface area contributed by atoms with Gasteiger partial charge in [0.2, 0.25) is 25.9 Å². The van der Waals surface area contributed by atoms with Crippen LogP contribution >= 0.6 is 0 Å². The smallest absolute Gasteiger partial charge is 0.314 e. The van der Waals surface area contributed by atoms with Crippen molar-refractivity contribution in [2.45, 2.75) is 46.5 Å². The Bertz CT molecular complexity index is 2710. The van der Waals surface area contributed by atoms with Crippen LogP contribution in [0.15, 0.2) is 89.3 Å². The summed E-state index contributed by atoms with van der Waals surface area (Å²) in [7, 11) is -3.21. The molecule has 2 aliphatic rings. The van der Waals surface area contributed by atoms with Gasteiger partial charge in [-0.05, 0) is 81.5 Å². The lowest BCUT2D eigenvalue weighted by Gasteiger charge is -2.32. The van der Waals surface area contributed by atoms with Crippen molar-refractivity contribution in [2.24, 2.45) is 5.73 Å². The number of Topliss-reactive ketones (excluding diaryl/α,β-unsaturated/α-hetero) is 1. The van der Waals surface area contributed by atoms with E-state index in [2.05, 4.69) is 43.9 Å². The Labute approximate surface area is 396 Å². The van der Waals surface area contributed by atoms with Crippen molar-refractivity contribution in [1.82, 2.24) is 29.8 Å². The average Bonchev–Trinajstić information content (AvgIpc) is 3.83. The van der Waals surface area contributed by atoms with E-state index in [0.29, 0.717) is 17.9 Å². The highest BCUT2D eigenvalue weighted by Crippen LogP contribution is 2.29. The summed E-state index contributed by atoms with van der Waals surface area (Å²) in [5.74, 6) is -3.08. The third kappa shape index (κ3) is 13.7. The zero-order chi connectivity index (χ0) is 49.2. The number of rotatable bonds is 18. The van der Waals surface area contributed by atoms with Crippen molar-refractivity contribution in [3.63, 3.8) is 0 Å². The number of aromatic nitrogens is 2. The van der Waals surface area contributed by atoms with Crippen molar-refractivity contribution in [3.05, 3.63) is 130 Å². The maximum absolute atomic E-state index is 15.0. The number of likely N-dealkylation sites (N-methyl/N-ethyl adjacent to an activating group) is 2. The number of ketones is 1. The third-order valence-electron chi connectivity index (χ3n) is 11.9. The molecule has 368 valence electrons. The molecule has 2 N–H and O–H groups in total. The number of halogens is 4. The van der Waals surface area contributed by atoms with Gasteiger partial charge in [0.05, 0.1) is 42.5 Å². The first kappa shape index (κ1) is 52.1. The van der Waals surface area contributed by atoms with Gasteiger partial charge in [-0.25, -0.2) is 25.6 Å². The molecule has 68 heavy (non-hydrogen) atoms. The second-order valence-electron chi connectivity index (χ2n) is 16.8. The van der Waals surface area contributed by atoms with Crippen molar-refractivity contribution < 1.29 is 43.6 Å². The van der Waals surface area contributed by atoms with Gasteiger partial charge in [0.15, 0.2) is 5.78 Å². The Balaban J connectivity index is 0.000000226. The Hall–Kier alpha value is -5.29. The van der Waals surface area contributed by atoms with Gasteiger partial charge in [-0.3, -0.25) is 23.2 Å². The molecule has 0 saturated carbocycles. The van der Waals surface area contributed by atoms with E-state index in [4.69, 9.17) is 10.2 Å². The second-order valence-corrected chi connectivity index (χ2v) is 21.2. The van der Waals surface area contributed by atoms with Gasteiger partial charge in [-0.15, -0.1) is 10.2 Å². The number of anilines is 2. The molecule has 3 heterocycles. The molecular formula is C47H59F4N9O6S2. The Morgan fingerprint density at radius 3 is 1.56 bits per heavy atom. The monoisotopic (exact) mass is 985 g/mol. The fourth-order valence-electron chi connectivity index (χ4n) is 7.68. The second kappa shape index (κ2) is 23.3. The molecule has 1 aromatic heterocycles. The highest BCUT2D eigenvalue weighted by atomic mass is 32.2. The van der Waals surface area contributed by atoms with Crippen LogP contribution in [0, 0.1) is 11.6 Å². The van der Waals surface area contributed by atoms with Crippen LogP contribution in [-0.4, -0.2) is 137 Å². The van der Waals surface area contributed by atoms with Gasteiger partial charge in [-0.2, -0.15) is 8.78 Å². The van der Waals surface area contributed by atoms with Crippen LogP contribution < -0.4 is 14.3 Å². The number of sulfonamides is 2. The fourth-order valence-corrected chi connectivity index (χ4v) is 9.85. The highest BCUT2D eigenvalue weighted by molar-refractivity contribution is 7.93. The molecule has 21 heteroatoms. The van der Waals surface area contributed by atoms with Gasteiger partial charge in [0.1, 0.15) is 11.6 Å². The first-order valence-corrected chi connectivity index (χ1v) is 25.5. The van der Waals surface area contributed by atoms with Gasteiger partial charge in [0, 0.05) is 87.7 Å². The molecule has 0 bridgehead atoms. The number of alkyl halides is 2. The lowest BCUT2D eigenvalue weighted by atomic mass is 10.1. The summed E-state index contributed by atoms with van der Waals surface area (Å²) in [6.07, 6.45) is -2.94. The van der Waals surface area contributed by atoms with E-state index in [1.165, 1.54) is 39.8 Å². The largest absolute Gasteiger partial charge is 0.415 e. The molecule has 0 amide bonds. The quantitative estimate of drug-likeness (QED) is 0.0804. The summed E-state index contributed by atoms with van der Waals surface area (Å²) in [4.78, 5) is 20.9. The number of nitrogens with zero attached hydrogens (tertiary/aromatic N) is 8. The SMILES string of the molecule is CCS(=O)(=O)N(Cc1ccc(-c2nnc(C(F)F)o2)cc1F)c1cccc(CN2CCN(C)CC2)c1.CCS(=O)(=O)N(Cc1ccc(C(=O)CN)cc1F)c1cccc(CN2CCN(C)CC2)c1. The summed E-state index contributed by atoms with van der Waals surface area (Å²) in [6, 6.07) is 22.6. The maximum Gasteiger partial charge on any atom is 0.314 e. The highest BCUT2D eigenvalue weighted by Gasteiger charge is 2.26. The van der Waals surface area contributed by atoms with Gasteiger partial charge in [-0.1, -0.05) is 42.5 Å². The summed E-state index contributed by atoms with van der Waals surface area (Å²) < 4.78 is 114. The minimum atomic E-state index is -3.73. The first-order valence-electron chi connectivity index (χ1n) is 22.3. The Morgan fingerprint density at radius 1 is 0.676 bits per heavy atom. The van der Waals surface area contributed by atoms with Crippen molar-refractivity contribution in [3.8, 4) is 11.5 Å². The molecule has 0 unspecified atom stereocenters. The lowest BCUT2D eigenvalue weighted by Crippen LogP contribution is -2.43. The average molecular weight is 986 g/mol. The van der Waals surface area contributed by atoms with E-state index < -0.39 is 44.0 Å². The maximum atomic E-state index is 15.0. The Morgan fingerprint density at radius 2 is 1.15 bits per heavy atom. The van der Waals surface area contributed by atoms with Crippen LogP contribution in [0.1, 0.15) is 58.8 Å². The van der Waals surface area contributed by atoms with E-state index in [1.807, 2.05) is 30.3 Å². The van der Waals surface area contributed by atoms with Gasteiger partial charge < -0.3 is 20.0 Å². The zero-order valence-electron chi connectivity index (χ0n) is 38.7. The van der Waals surface area contributed by atoms with Crippen LogP contribution in [0.25, 0.3) is 11.5 Å². The normalized spacial score (nSPS) is 15.6. The molecule has 0 spiro atoms. The molecular weight excluding hydrogens is 927 g/mol. The number of piperazine rings is 2. The first-order chi connectivity index (χ1) is 32.4. The van der Waals surface area contributed by atoms with Crippen LogP contribution in [0.5, 0.6) is 0 Å². The zero-order valence-corrected chi connectivity index (χ0v) is 40.3. The van der Waals surface area contributed by atoms with Crippen LogP contribution in [0.2, 0.25) is 0 Å². The van der Waals surface area contributed by atoms with E-state index in [0.717, 1.165) is 82.2 Å². The summed E-state index contributed by atoms with van der Waals surface area (Å²) in [5.41, 5.74) is 8.88. The molecule has 7 rings (SSSR count). The fraction of sp³-hybridized carbons (Fsp3) is 0.426. The van der Waals surface area contributed by atoms with Crippen molar-refractivity contribution in [2.75, 3.05) is 93.1 Å². The van der Waals surface area contributed by atoms with E-state index in [1.54, 1.807) is 25.1 Å². The lowest BCUT2D eigenvalue weighted by molar-refractivity contribution is 0.100. The summed E-state index contributed by atoms with van der Waals surface area (Å²) >= 11 is 0. The van der Waals surface area contributed by atoms with Gasteiger partial charge in [0.25, 0.3) is 5.89 Å².